The second-order valence-electron chi connectivity index (χ2n) is 12.3. The molecule has 0 unspecified atom stereocenters. The minimum atomic E-state index is -0.355. The first-order chi connectivity index (χ1) is 20.2. The minimum absolute atomic E-state index is 0.122. The number of hydrogen-bond donors (Lipinski definition) is 0. The number of aryl methyl sites for hydroxylation is 1. The highest BCUT2D eigenvalue weighted by Gasteiger charge is 2.23. The molecule has 1 aliphatic rings. The van der Waals surface area contributed by atoms with Gasteiger partial charge in [0.25, 0.3) is 0 Å². The van der Waals surface area contributed by atoms with Crippen LogP contribution in [0.15, 0.2) is 36.5 Å². The van der Waals surface area contributed by atoms with E-state index in [2.05, 4.69) is 18.8 Å². The average molecular weight is 568 g/mol. The molecule has 41 heavy (non-hydrogen) atoms. The molecule has 2 aromatic rings. The van der Waals surface area contributed by atoms with Gasteiger partial charge < -0.3 is 9.47 Å². The van der Waals surface area contributed by atoms with Gasteiger partial charge >= 0.3 is 0 Å². The molecule has 3 rings (SSSR count). The monoisotopic (exact) mass is 567 g/mol. The van der Waals surface area contributed by atoms with E-state index in [4.69, 9.17) is 9.47 Å². The lowest BCUT2D eigenvalue weighted by Crippen LogP contribution is -2.27. The number of ether oxygens (including phenoxy) is 2. The zero-order valence-electron chi connectivity index (χ0n) is 26.3. The molecule has 0 aliphatic carbocycles. The van der Waals surface area contributed by atoms with Gasteiger partial charge in [-0.15, -0.1) is 0 Å². The van der Waals surface area contributed by atoms with Crippen LogP contribution in [0, 0.1) is 11.7 Å². The molecule has 1 saturated heterocycles. The molecule has 1 aromatic carbocycles. The van der Waals surface area contributed by atoms with Crippen molar-refractivity contribution in [3.8, 4) is 11.3 Å². The van der Waals surface area contributed by atoms with Crippen molar-refractivity contribution in [1.29, 1.82) is 0 Å². The summed E-state index contributed by atoms with van der Waals surface area (Å²) in [5.41, 5.74) is 3.34. The van der Waals surface area contributed by atoms with Gasteiger partial charge in [-0.3, -0.25) is 4.98 Å². The van der Waals surface area contributed by atoms with Crippen LogP contribution in [0.25, 0.3) is 11.3 Å². The summed E-state index contributed by atoms with van der Waals surface area (Å²) < 4.78 is 26.9. The summed E-state index contributed by atoms with van der Waals surface area (Å²) in [7, 11) is 0. The maximum atomic E-state index is 14.8. The van der Waals surface area contributed by atoms with Crippen LogP contribution in [0.5, 0.6) is 0 Å². The molecule has 0 spiro atoms. The third kappa shape index (κ3) is 13.4. The maximum Gasteiger partial charge on any atom is 0.185 e. The highest BCUT2D eigenvalue weighted by Crippen LogP contribution is 2.29. The standard InChI is InChI=1S/C37H58FNO2/c1-3-5-7-9-11-13-14-15-17-19-21-31-29-40-37(41-30-31)34-25-26-36(39-28-34)33-24-23-32(35(38)27-33)22-20-18-16-12-10-8-6-4-2/h23-28,31,37H,3-22,29-30H2,1-2H3/t31-,37-. The summed E-state index contributed by atoms with van der Waals surface area (Å²) >= 11 is 0. The van der Waals surface area contributed by atoms with Crippen LogP contribution in [-0.4, -0.2) is 18.2 Å². The highest BCUT2D eigenvalue weighted by atomic mass is 19.1. The highest BCUT2D eigenvalue weighted by molar-refractivity contribution is 5.59. The topological polar surface area (TPSA) is 31.4 Å². The van der Waals surface area contributed by atoms with Crippen LogP contribution in [0.4, 0.5) is 4.39 Å². The Morgan fingerprint density at radius 3 is 1.78 bits per heavy atom. The van der Waals surface area contributed by atoms with Gasteiger partial charge in [0.2, 0.25) is 0 Å². The van der Waals surface area contributed by atoms with Crippen molar-refractivity contribution in [3.05, 3.63) is 53.5 Å². The van der Waals surface area contributed by atoms with E-state index in [1.54, 1.807) is 6.07 Å². The summed E-state index contributed by atoms with van der Waals surface area (Å²) in [6.07, 6.45) is 27.2. The van der Waals surface area contributed by atoms with E-state index in [1.807, 2.05) is 30.5 Å². The maximum absolute atomic E-state index is 14.8. The second kappa shape index (κ2) is 21.0. The summed E-state index contributed by atoms with van der Waals surface area (Å²) in [6, 6.07) is 9.52. The molecular formula is C37H58FNO2. The van der Waals surface area contributed by atoms with E-state index in [0.29, 0.717) is 5.92 Å². The summed E-state index contributed by atoms with van der Waals surface area (Å²) in [4.78, 5) is 4.61. The fraction of sp³-hybridized carbons (Fsp3) is 0.703. The summed E-state index contributed by atoms with van der Waals surface area (Å²) in [5.74, 6) is 0.364. The molecule has 0 amide bonds. The molecule has 230 valence electrons. The van der Waals surface area contributed by atoms with Crippen molar-refractivity contribution in [1.82, 2.24) is 4.98 Å². The van der Waals surface area contributed by atoms with E-state index in [-0.39, 0.29) is 12.1 Å². The summed E-state index contributed by atoms with van der Waals surface area (Å²) in [5, 5.41) is 0. The number of hydrogen-bond acceptors (Lipinski definition) is 3. The fourth-order valence-electron chi connectivity index (χ4n) is 5.90. The molecule has 4 heteroatoms. The Morgan fingerprint density at radius 1 is 0.683 bits per heavy atom. The number of nitrogens with zero attached hydrogens (tertiary/aromatic N) is 1. The smallest absolute Gasteiger partial charge is 0.185 e. The molecule has 0 saturated carbocycles. The van der Waals surface area contributed by atoms with Crippen LogP contribution in [-0.2, 0) is 15.9 Å². The molecule has 2 heterocycles. The molecular weight excluding hydrogens is 509 g/mol. The van der Waals surface area contributed by atoms with Crippen molar-refractivity contribution in [2.45, 2.75) is 149 Å². The Balaban J connectivity index is 1.30. The fourth-order valence-corrected chi connectivity index (χ4v) is 5.90. The van der Waals surface area contributed by atoms with Crippen molar-refractivity contribution in [2.24, 2.45) is 5.92 Å². The van der Waals surface area contributed by atoms with Crippen LogP contribution >= 0.6 is 0 Å². The molecule has 1 aliphatic heterocycles. The Morgan fingerprint density at radius 2 is 1.24 bits per heavy atom. The van der Waals surface area contributed by atoms with Crippen molar-refractivity contribution >= 4 is 0 Å². The van der Waals surface area contributed by atoms with Gasteiger partial charge in [-0.1, -0.05) is 141 Å². The van der Waals surface area contributed by atoms with Crippen LogP contribution in [0.3, 0.4) is 0 Å². The van der Waals surface area contributed by atoms with Gasteiger partial charge in [-0.2, -0.15) is 0 Å². The van der Waals surface area contributed by atoms with E-state index >= 15 is 0 Å². The molecule has 0 bridgehead atoms. The predicted molar refractivity (Wildman–Crippen MR) is 171 cm³/mol. The number of aromatic nitrogens is 1. The molecule has 0 atom stereocenters. The van der Waals surface area contributed by atoms with Gasteiger partial charge in [0, 0.05) is 23.2 Å². The number of rotatable bonds is 22. The summed E-state index contributed by atoms with van der Waals surface area (Å²) in [6.45, 7) is 6.02. The van der Waals surface area contributed by atoms with E-state index < -0.39 is 0 Å². The van der Waals surface area contributed by atoms with Gasteiger partial charge in [-0.25, -0.2) is 4.39 Å². The van der Waals surface area contributed by atoms with Gasteiger partial charge in [0.15, 0.2) is 6.29 Å². The lowest BCUT2D eigenvalue weighted by Gasteiger charge is -2.29. The lowest BCUT2D eigenvalue weighted by molar-refractivity contribution is -0.206. The number of pyridine rings is 1. The number of unbranched alkanes of at least 4 members (excludes halogenated alkanes) is 16. The van der Waals surface area contributed by atoms with E-state index in [1.165, 1.54) is 116 Å². The van der Waals surface area contributed by atoms with Crippen LogP contribution in [0.1, 0.15) is 153 Å². The SMILES string of the molecule is CCCCCCCCCCCC[C@H]1CO[C@H](c2ccc(-c3ccc(CCCCCCCCCC)c(F)c3)nc2)OC1. The van der Waals surface area contributed by atoms with E-state index in [9.17, 15) is 4.39 Å². The van der Waals surface area contributed by atoms with Crippen LogP contribution in [0.2, 0.25) is 0 Å². The molecule has 1 aromatic heterocycles. The third-order valence-corrected chi connectivity index (χ3v) is 8.64. The largest absolute Gasteiger partial charge is 0.348 e. The zero-order chi connectivity index (χ0) is 29.0. The normalized spacial score (nSPS) is 17.2. The Kier molecular flexibility index (Phi) is 17.3. The molecule has 1 fully saturated rings. The van der Waals surface area contributed by atoms with Crippen molar-refractivity contribution in [2.75, 3.05) is 13.2 Å². The van der Waals surface area contributed by atoms with Crippen LogP contribution < -0.4 is 0 Å². The number of halogens is 1. The lowest BCUT2D eigenvalue weighted by atomic mass is 10.00. The number of benzene rings is 1. The first-order valence-electron chi connectivity index (χ1n) is 17.2. The molecule has 0 N–H and O–H groups in total. The van der Waals surface area contributed by atoms with Gasteiger partial charge in [-0.05, 0) is 37.0 Å². The van der Waals surface area contributed by atoms with Crippen molar-refractivity contribution in [3.63, 3.8) is 0 Å². The average Bonchev–Trinajstić information content (AvgIpc) is 3.00. The van der Waals surface area contributed by atoms with Crippen molar-refractivity contribution < 1.29 is 13.9 Å². The zero-order valence-corrected chi connectivity index (χ0v) is 26.3. The van der Waals surface area contributed by atoms with Gasteiger partial charge in [0.05, 0.1) is 18.9 Å². The molecule has 3 nitrogen and oxygen atoms in total. The van der Waals surface area contributed by atoms with E-state index in [0.717, 1.165) is 48.4 Å². The first kappa shape index (κ1) is 33.7. The third-order valence-electron chi connectivity index (χ3n) is 8.64. The first-order valence-corrected chi connectivity index (χ1v) is 17.2. The van der Waals surface area contributed by atoms with Gasteiger partial charge in [0.1, 0.15) is 5.82 Å². The Hall–Kier alpha value is -1.78. The molecule has 0 radical (unpaired) electrons. The minimum Gasteiger partial charge on any atom is -0.348 e. The second-order valence-corrected chi connectivity index (χ2v) is 12.3. The Bertz CT molecular complexity index is 923. The predicted octanol–water partition coefficient (Wildman–Crippen LogP) is 11.5. The quantitative estimate of drug-likeness (QED) is 0.133. The Labute approximate surface area is 251 Å².